The van der Waals surface area contributed by atoms with E-state index in [2.05, 4.69) is 39.9 Å². The zero-order chi connectivity index (χ0) is 16.2. The molecule has 1 aromatic carbocycles. The normalized spacial score (nSPS) is 11.1. The SMILES string of the molecule is CCNC(=NCCCc1ccccc1)NCCC(=O)N(C)C. The molecule has 0 atom stereocenters. The van der Waals surface area contributed by atoms with Crippen molar-refractivity contribution in [3.05, 3.63) is 35.9 Å². The highest BCUT2D eigenvalue weighted by molar-refractivity contribution is 5.81. The second kappa shape index (κ2) is 10.7. The largest absolute Gasteiger partial charge is 0.357 e. The van der Waals surface area contributed by atoms with Gasteiger partial charge in [-0.1, -0.05) is 30.3 Å². The van der Waals surface area contributed by atoms with E-state index in [-0.39, 0.29) is 5.91 Å². The molecule has 0 aliphatic carbocycles. The predicted octanol–water partition coefficient (Wildman–Crippen LogP) is 1.65. The van der Waals surface area contributed by atoms with E-state index in [1.807, 2.05) is 13.0 Å². The number of nitrogens with one attached hydrogen (secondary N) is 2. The highest BCUT2D eigenvalue weighted by atomic mass is 16.2. The summed E-state index contributed by atoms with van der Waals surface area (Å²) in [5, 5.41) is 6.39. The topological polar surface area (TPSA) is 56.7 Å². The number of carbonyl (C=O) groups is 1. The number of rotatable bonds is 8. The van der Waals surface area contributed by atoms with Crippen molar-refractivity contribution in [2.24, 2.45) is 4.99 Å². The van der Waals surface area contributed by atoms with E-state index >= 15 is 0 Å². The third-order valence-corrected chi connectivity index (χ3v) is 3.21. The third kappa shape index (κ3) is 7.67. The van der Waals surface area contributed by atoms with Gasteiger partial charge in [-0.15, -0.1) is 0 Å². The van der Waals surface area contributed by atoms with Crippen molar-refractivity contribution in [1.82, 2.24) is 15.5 Å². The lowest BCUT2D eigenvalue weighted by Gasteiger charge is -2.13. The molecule has 0 heterocycles. The van der Waals surface area contributed by atoms with Crippen LogP contribution in [0.5, 0.6) is 0 Å². The molecule has 1 amide bonds. The van der Waals surface area contributed by atoms with Crippen LogP contribution < -0.4 is 10.6 Å². The summed E-state index contributed by atoms with van der Waals surface area (Å²) in [4.78, 5) is 17.7. The molecular weight excluding hydrogens is 276 g/mol. The number of guanidine groups is 1. The second-order valence-corrected chi connectivity index (χ2v) is 5.31. The van der Waals surface area contributed by atoms with Gasteiger partial charge in [0.1, 0.15) is 0 Å². The first-order valence-electron chi connectivity index (χ1n) is 7.89. The van der Waals surface area contributed by atoms with Gasteiger partial charge in [-0.2, -0.15) is 0 Å². The molecule has 0 aliphatic rings. The van der Waals surface area contributed by atoms with Crippen LogP contribution in [0, 0.1) is 0 Å². The van der Waals surface area contributed by atoms with Gasteiger partial charge in [0.05, 0.1) is 0 Å². The van der Waals surface area contributed by atoms with Crippen LogP contribution in [0.4, 0.5) is 0 Å². The molecule has 22 heavy (non-hydrogen) atoms. The molecule has 0 aliphatic heterocycles. The van der Waals surface area contributed by atoms with Crippen molar-refractivity contribution in [3.63, 3.8) is 0 Å². The minimum Gasteiger partial charge on any atom is -0.357 e. The van der Waals surface area contributed by atoms with Crippen molar-refractivity contribution in [2.75, 3.05) is 33.7 Å². The minimum atomic E-state index is 0.118. The molecule has 0 fully saturated rings. The summed E-state index contributed by atoms with van der Waals surface area (Å²) >= 11 is 0. The number of amides is 1. The van der Waals surface area contributed by atoms with Gasteiger partial charge in [-0.25, -0.2) is 0 Å². The summed E-state index contributed by atoms with van der Waals surface area (Å²) in [6.45, 7) is 4.21. The molecule has 0 saturated carbocycles. The maximum Gasteiger partial charge on any atom is 0.223 e. The van der Waals surface area contributed by atoms with Crippen molar-refractivity contribution >= 4 is 11.9 Å². The van der Waals surface area contributed by atoms with Crippen LogP contribution in [0.15, 0.2) is 35.3 Å². The Kier molecular flexibility index (Phi) is 8.72. The number of benzene rings is 1. The molecule has 0 saturated heterocycles. The van der Waals surface area contributed by atoms with Crippen molar-refractivity contribution in [1.29, 1.82) is 0 Å². The molecule has 2 N–H and O–H groups in total. The van der Waals surface area contributed by atoms with E-state index in [0.29, 0.717) is 13.0 Å². The maximum absolute atomic E-state index is 11.5. The average Bonchev–Trinajstić information content (AvgIpc) is 2.52. The zero-order valence-electron chi connectivity index (χ0n) is 13.9. The van der Waals surface area contributed by atoms with E-state index in [0.717, 1.165) is 31.9 Å². The van der Waals surface area contributed by atoms with Gasteiger partial charge in [-0.05, 0) is 25.3 Å². The van der Waals surface area contributed by atoms with Gasteiger partial charge in [-0.3, -0.25) is 9.79 Å². The van der Waals surface area contributed by atoms with Gasteiger partial charge in [0.25, 0.3) is 0 Å². The Labute approximate surface area is 133 Å². The van der Waals surface area contributed by atoms with Crippen LogP contribution in [0.2, 0.25) is 0 Å². The van der Waals surface area contributed by atoms with E-state index in [9.17, 15) is 4.79 Å². The summed E-state index contributed by atoms with van der Waals surface area (Å²) in [5.41, 5.74) is 1.34. The van der Waals surface area contributed by atoms with E-state index in [4.69, 9.17) is 0 Å². The summed E-state index contributed by atoms with van der Waals surface area (Å²) in [6, 6.07) is 10.4. The van der Waals surface area contributed by atoms with E-state index in [1.165, 1.54) is 5.56 Å². The van der Waals surface area contributed by atoms with Crippen LogP contribution in [-0.4, -0.2) is 50.5 Å². The van der Waals surface area contributed by atoms with Gasteiger partial charge < -0.3 is 15.5 Å². The summed E-state index contributed by atoms with van der Waals surface area (Å²) in [6.07, 6.45) is 2.52. The third-order valence-electron chi connectivity index (χ3n) is 3.21. The van der Waals surface area contributed by atoms with Crippen LogP contribution in [0.1, 0.15) is 25.3 Å². The number of hydrogen-bond acceptors (Lipinski definition) is 2. The Balaban J connectivity index is 2.30. The van der Waals surface area contributed by atoms with Gasteiger partial charge in [0.2, 0.25) is 5.91 Å². The van der Waals surface area contributed by atoms with Gasteiger partial charge >= 0.3 is 0 Å². The molecule has 1 rings (SSSR count). The highest BCUT2D eigenvalue weighted by Crippen LogP contribution is 2.02. The number of nitrogens with zero attached hydrogens (tertiary/aromatic N) is 2. The number of aliphatic imine (C=N–C) groups is 1. The summed E-state index contributed by atoms with van der Waals surface area (Å²) < 4.78 is 0. The maximum atomic E-state index is 11.5. The van der Waals surface area contributed by atoms with E-state index < -0.39 is 0 Å². The molecule has 0 radical (unpaired) electrons. The Hall–Kier alpha value is -2.04. The standard InChI is InChI=1S/C17H28N4O/c1-4-18-17(20-14-12-16(22)21(2)3)19-13-8-11-15-9-6-5-7-10-15/h5-7,9-10H,4,8,11-14H2,1-3H3,(H2,18,19,20). The Morgan fingerprint density at radius 3 is 2.55 bits per heavy atom. The van der Waals surface area contributed by atoms with Gasteiger partial charge in [0.15, 0.2) is 5.96 Å². The molecule has 0 aromatic heterocycles. The second-order valence-electron chi connectivity index (χ2n) is 5.31. The number of hydrogen-bond donors (Lipinski definition) is 2. The Morgan fingerprint density at radius 1 is 1.18 bits per heavy atom. The first-order valence-corrected chi connectivity index (χ1v) is 7.89. The van der Waals surface area contributed by atoms with Crippen LogP contribution in [0.25, 0.3) is 0 Å². The fraction of sp³-hybridized carbons (Fsp3) is 0.529. The average molecular weight is 304 g/mol. The van der Waals surface area contributed by atoms with Crippen molar-refractivity contribution < 1.29 is 4.79 Å². The van der Waals surface area contributed by atoms with Gasteiger partial charge in [0, 0.05) is 40.2 Å². The molecule has 0 bridgehead atoms. The molecule has 1 aromatic rings. The monoisotopic (exact) mass is 304 g/mol. The fourth-order valence-corrected chi connectivity index (χ4v) is 1.97. The zero-order valence-corrected chi connectivity index (χ0v) is 13.9. The quantitative estimate of drug-likeness (QED) is 0.436. The van der Waals surface area contributed by atoms with Crippen LogP contribution in [0.3, 0.4) is 0 Å². The summed E-state index contributed by atoms with van der Waals surface area (Å²) in [7, 11) is 3.54. The lowest BCUT2D eigenvalue weighted by atomic mass is 10.1. The van der Waals surface area contributed by atoms with E-state index in [1.54, 1.807) is 19.0 Å². The predicted molar refractivity (Wildman–Crippen MR) is 92.1 cm³/mol. The van der Waals surface area contributed by atoms with Crippen LogP contribution >= 0.6 is 0 Å². The van der Waals surface area contributed by atoms with Crippen molar-refractivity contribution in [2.45, 2.75) is 26.2 Å². The number of aryl methyl sites for hydroxylation is 1. The molecule has 0 spiro atoms. The molecule has 5 heteroatoms. The smallest absolute Gasteiger partial charge is 0.223 e. The highest BCUT2D eigenvalue weighted by Gasteiger charge is 2.04. The Bertz CT molecular complexity index is 457. The molecule has 5 nitrogen and oxygen atoms in total. The van der Waals surface area contributed by atoms with Crippen molar-refractivity contribution in [3.8, 4) is 0 Å². The Morgan fingerprint density at radius 2 is 1.91 bits per heavy atom. The summed E-state index contributed by atoms with van der Waals surface area (Å²) in [5.74, 6) is 0.898. The lowest BCUT2D eigenvalue weighted by Crippen LogP contribution is -2.39. The molecule has 0 unspecified atom stereocenters. The minimum absolute atomic E-state index is 0.118. The molecular formula is C17H28N4O. The lowest BCUT2D eigenvalue weighted by molar-refractivity contribution is -0.128. The number of carbonyl (C=O) groups excluding carboxylic acids is 1. The first-order chi connectivity index (χ1) is 10.6. The molecule has 122 valence electrons. The first kappa shape index (κ1) is 18.0. The van der Waals surface area contributed by atoms with Crippen LogP contribution in [-0.2, 0) is 11.2 Å². The fourth-order valence-electron chi connectivity index (χ4n) is 1.97.